The molecule has 8 heavy (non-hydrogen) atoms. The molecule has 0 fully saturated rings. The molecule has 0 aliphatic heterocycles. The zero-order valence-electron chi connectivity index (χ0n) is 4.62. The Balaban J connectivity index is 3.39. The highest BCUT2D eigenvalue weighted by atomic mass is 35.6. The molecule has 0 heterocycles. The summed E-state index contributed by atoms with van der Waals surface area (Å²) in [5.74, 6) is 0. The van der Waals surface area contributed by atoms with Crippen LogP contribution in [0.2, 0.25) is 13.1 Å². The van der Waals surface area contributed by atoms with Gasteiger partial charge in [-0.05, 0) is 13.1 Å². The lowest BCUT2D eigenvalue weighted by molar-refractivity contribution is -0.0539. The molecule has 0 atom stereocenters. The summed E-state index contributed by atoms with van der Waals surface area (Å²) in [7, 11) is -2.50. The SMILES string of the molecule is C[Si](C)(Cl)OC(F)F. The topological polar surface area (TPSA) is 9.23 Å². The van der Waals surface area contributed by atoms with Crippen molar-refractivity contribution in [2.45, 2.75) is 19.7 Å². The first-order chi connectivity index (χ1) is 3.42. The van der Waals surface area contributed by atoms with Crippen molar-refractivity contribution in [1.82, 2.24) is 0 Å². The minimum atomic E-state index is -2.73. The van der Waals surface area contributed by atoms with E-state index in [1.54, 1.807) is 0 Å². The second-order valence-electron chi connectivity index (χ2n) is 1.74. The van der Waals surface area contributed by atoms with Crippen molar-refractivity contribution < 1.29 is 13.2 Å². The number of rotatable bonds is 2. The minimum absolute atomic E-state index is 1.49. The average molecular weight is 161 g/mol. The zero-order chi connectivity index (χ0) is 6.78. The first kappa shape index (κ1) is 8.33. The molecule has 1 nitrogen and oxygen atoms in total. The molecule has 0 bridgehead atoms. The molecule has 0 amide bonds. The van der Waals surface area contributed by atoms with Crippen LogP contribution in [0, 0.1) is 0 Å². The Morgan fingerprint density at radius 2 is 1.88 bits per heavy atom. The monoisotopic (exact) mass is 160 g/mol. The number of hydrogen-bond acceptors (Lipinski definition) is 1. The molecule has 0 N–H and O–H groups in total. The standard InChI is InChI=1S/C3H7ClF2OSi/c1-8(2,4)7-3(5)6/h3H,1-2H3. The van der Waals surface area contributed by atoms with E-state index in [4.69, 9.17) is 11.1 Å². The molecule has 0 unspecified atom stereocenters. The fraction of sp³-hybridized carbons (Fsp3) is 1.00. The van der Waals surface area contributed by atoms with Crippen LogP contribution in [-0.4, -0.2) is 14.2 Å². The van der Waals surface area contributed by atoms with Gasteiger partial charge in [-0.25, -0.2) is 0 Å². The van der Waals surface area contributed by atoms with Crippen LogP contribution < -0.4 is 0 Å². The predicted octanol–water partition coefficient (Wildman–Crippen LogP) is 2.17. The molecule has 0 rings (SSSR count). The maximum Gasteiger partial charge on any atom is 0.337 e. The van der Waals surface area contributed by atoms with Crippen molar-refractivity contribution in [1.29, 1.82) is 0 Å². The largest absolute Gasteiger partial charge is 0.350 e. The molecule has 0 aliphatic rings. The normalized spacial score (nSPS) is 12.8. The Labute approximate surface area is 52.4 Å². The van der Waals surface area contributed by atoms with Gasteiger partial charge in [0.05, 0.1) is 0 Å². The van der Waals surface area contributed by atoms with Crippen molar-refractivity contribution in [2.75, 3.05) is 0 Å². The van der Waals surface area contributed by atoms with Gasteiger partial charge in [0.25, 0.3) is 7.63 Å². The molecule has 0 aromatic carbocycles. The van der Waals surface area contributed by atoms with Crippen LogP contribution in [0.3, 0.4) is 0 Å². The third kappa shape index (κ3) is 6.33. The van der Waals surface area contributed by atoms with E-state index >= 15 is 0 Å². The van der Waals surface area contributed by atoms with Gasteiger partial charge in [0.1, 0.15) is 0 Å². The molecular formula is C3H7ClF2OSi. The van der Waals surface area contributed by atoms with Gasteiger partial charge in [0.2, 0.25) is 0 Å². The second kappa shape index (κ2) is 2.75. The lowest BCUT2D eigenvalue weighted by Gasteiger charge is -2.11. The highest BCUT2D eigenvalue weighted by Crippen LogP contribution is 2.13. The molecular weight excluding hydrogens is 154 g/mol. The Morgan fingerprint density at radius 1 is 1.50 bits per heavy atom. The molecule has 5 heteroatoms. The van der Waals surface area contributed by atoms with Crippen molar-refractivity contribution in [3.8, 4) is 0 Å². The third-order valence-corrected chi connectivity index (χ3v) is 1.38. The quantitative estimate of drug-likeness (QED) is 0.445. The van der Waals surface area contributed by atoms with Crippen LogP contribution >= 0.6 is 11.1 Å². The number of halogens is 3. The van der Waals surface area contributed by atoms with Gasteiger partial charge in [0.15, 0.2) is 0 Å². The van der Waals surface area contributed by atoms with Crippen LogP contribution in [0.5, 0.6) is 0 Å². The summed E-state index contributed by atoms with van der Waals surface area (Å²) in [5.41, 5.74) is 0. The Hall–Kier alpha value is 0.327. The summed E-state index contributed by atoms with van der Waals surface area (Å²) in [4.78, 5) is 0. The Kier molecular flexibility index (Phi) is 2.86. The van der Waals surface area contributed by atoms with Crippen LogP contribution in [-0.2, 0) is 4.43 Å². The first-order valence-corrected chi connectivity index (χ1v) is 5.99. The van der Waals surface area contributed by atoms with Crippen LogP contribution in [0.25, 0.3) is 0 Å². The minimum Gasteiger partial charge on any atom is -0.350 e. The second-order valence-corrected chi connectivity index (χ2v) is 7.43. The van der Waals surface area contributed by atoms with Crippen LogP contribution in [0.4, 0.5) is 8.78 Å². The lowest BCUT2D eigenvalue weighted by Crippen LogP contribution is -2.25. The third-order valence-electron chi connectivity index (χ3n) is 0.369. The van der Waals surface area contributed by atoms with E-state index in [1.165, 1.54) is 13.1 Å². The summed E-state index contributed by atoms with van der Waals surface area (Å²) in [6.45, 7) is 0.246. The van der Waals surface area contributed by atoms with Gasteiger partial charge in [-0.2, -0.15) is 8.78 Å². The lowest BCUT2D eigenvalue weighted by atomic mass is 11.5. The van der Waals surface area contributed by atoms with Gasteiger partial charge >= 0.3 is 6.61 Å². The van der Waals surface area contributed by atoms with E-state index in [0.717, 1.165) is 0 Å². The smallest absolute Gasteiger partial charge is 0.337 e. The molecule has 0 aliphatic carbocycles. The van der Waals surface area contributed by atoms with Crippen molar-refractivity contribution >= 4 is 18.7 Å². The van der Waals surface area contributed by atoms with Crippen molar-refractivity contribution in [3.05, 3.63) is 0 Å². The van der Waals surface area contributed by atoms with E-state index in [2.05, 4.69) is 4.43 Å². The van der Waals surface area contributed by atoms with Crippen molar-refractivity contribution in [2.24, 2.45) is 0 Å². The van der Waals surface area contributed by atoms with E-state index in [9.17, 15) is 8.78 Å². The zero-order valence-corrected chi connectivity index (χ0v) is 6.38. The van der Waals surface area contributed by atoms with Gasteiger partial charge in [-0.15, -0.1) is 11.1 Å². The fourth-order valence-electron chi connectivity index (χ4n) is 0.212. The summed E-state index contributed by atoms with van der Waals surface area (Å²) >= 11 is 5.36. The van der Waals surface area contributed by atoms with E-state index in [1.807, 2.05) is 0 Å². The average Bonchev–Trinajstić information content (AvgIpc) is 1.21. The molecule has 0 aromatic heterocycles. The maximum atomic E-state index is 11.3. The van der Waals surface area contributed by atoms with E-state index in [-0.39, 0.29) is 0 Å². The summed E-state index contributed by atoms with van der Waals surface area (Å²) in [6, 6.07) is 0. The Morgan fingerprint density at radius 3 is 1.88 bits per heavy atom. The Bertz CT molecular complexity index is 72.2. The van der Waals surface area contributed by atoms with Gasteiger partial charge in [0, 0.05) is 0 Å². The first-order valence-electron chi connectivity index (χ1n) is 2.07. The van der Waals surface area contributed by atoms with Gasteiger partial charge in [-0.3, -0.25) is 0 Å². The molecule has 0 aromatic rings. The van der Waals surface area contributed by atoms with Gasteiger partial charge in [-0.1, -0.05) is 0 Å². The molecule has 0 saturated heterocycles. The highest BCUT2D eigenvalue weighted by Gasteiger charge is 2.22. The number of hydrogen-bond donors (Lipinski definition) is 0. The fourth-order valence-corrected chi connectivity index (χ4v) is 0.838. The summed E-state index contributed by atoms with van der Waals surface area (Å²) in [5, 5.41) is 0. The number of alkyl halides is 2. The van der Waals surface area contributed by atoms with Crippen LogP contribution in [0.1, 0.15) is 0 Å². The summed E-state index contributed by atoms with van der Waals surface area (Å²) < 4.78 is 26.5. The molecule has 0 radical (unpaired) electrons. The molecule has 0 saturated carbocycles. The van der Waals surface area contributed by atoms with Crippen molar-refractivity contribution in [3.63, 3.8) is 0 Å². The molecule has 50 valence electrons. The van der Waals surface area contributed by atoms with E-state index in [0.29, 0.717) is 0 Å². The highest BCUT2D eigenvalue weighted by molar-refractivity contribution is 7.15. The van der Waals surface area contributed by atoms with Crippen LogP contribution in [0.15, 0.2) is 0 Å². The summed E-state index contributed by atoms with van der Waals surface area (Å²) in [6.07, 6.45) is 0. The van der Waals surface area contributed by atoms with E-state index < -0.39 is 14.2 Å². The predicted molar refractivity (Wildman–Crippen MR) is 30.4 cm³/mol. The molecule has 0 spiro atoms. The van der Waals surface area contributed by atoms with Gasteiger partial charge < -0.3 is 4.43 Å². The maximum absolute atomic E-state index is 11.3.